The van der Waals surface area contributed by atoms with Gasteiger partial charge in [0.2, 0.25) is 0 Å². The van der Waals surface area contributed by atoms with E-state index in [0.29, 0.717) is 15.9 Å². The minimum atomic E-state index is -0.248. The lowest BCUT2D eigenvalue weighted by molar-refractivity contribution is 0.187. The molecule has 1 aromatic carbocycles. The Morgan fingerprint density at radius 1 is 1.19 bits per heavy atom. The molecule has 188 valence electrons. The second-order valence-electron chi connectivity index (χ2n) is 9.15. The van der Waals surface area contributed by atoms with Gasteiger partial charge in [0.1, 0.15) is 16.7 Å². The Morgan fingerprint density at radius 2 is 1.97 bits per heavy atom. The molecule has 1 unspecified atom stereocenters. The van der Waals surface area contributed by atoms with Crippen LogP contribution in [0, 0.1) is 5.41 Å². The number of pyridine rings is 1. The van der Waals surface area contributed by atoms with Gasteiger partial charge in [-0.05, 0) is 54.0 Å². The van der Waals surface area contributed by atoms with Crippen molar-refractivity contribution in [1.82, 2.24) is 20.3 Å². The van der Waals surface area contributed by atoms with Gasteiger partial charge in [0, 0.05) is 43.0 Å². The maximum Gasteiger partial charge on any atom is 0.318 e. The first-order chi connectivity index (χ1) is 17.3. The van der Waals surface area contributed by atoms with Crippen molar-refractivity contribution in [2.45, 2.75) is 35.2 Å². The molecule has 36 heavy (non-hydrogen) atoms. The van der Waals surface area contributed by atoms with Crippen LogP contribution in [0.5, 0.6) is 0 Å². The fourth-order valence-electron chi connectivity index (χ4n) is 5.04. The van der Waals surface area contributed by atoms with Crippen LogP contribution in [0.1, 0.15) is 30.0 Å². The van der Waals surface area contributed by atoms with Crippen molar-refractivity contribution in [3.05, 3.63) is 52.8 Å². The number of nitrogens with zero attached hydrogens (tertiary/aromatic N) is 4. The van der Waals surface area contributed by atoms with Crippen molar-refractivity contribution in [2.24, 2.45) is 11.1 Å². The van der Waals surface area contributed by atoms with Gasteiger partial charge in [-0.15, -0.1) is 0 Å². The zero-order valence-electron chi connectivity index (χ0n) is 19.8. The van der Waals surface area contributed by atoms with Gasteiger partial charge < -0.3 is 32.7 Å². The van der Waals surface area contributed by atoms with Crippen LogP contribution in [0.4, 0.5) is 27.9 Å². The van der Waals surface area contributed by atoms with E-state index in [2.05, 4.69) is 36.6 Å². The summed E-state index contributed by atoms with van der Waals surface area (Å²) in [5.41, 5.74) is 21.9. The maximum atomic E-state index is 11.7. The van der Waals surface area contributed by atoms with E-state index in [0.717, 1.165) is 54.3 Å². The molecular weight excluding hydrogens is 498 g/mol. The number of hydrogen-bond donors (Lipinski definition) is 5. The molecule has 2 amide bonds. The topological polar surface area (TPSA) is 161 Å². The predicted octanol–water partition coefficient (Wildman–Crippen LogP) is 3.43. The van der Waals surface area contributed by atoms with Gasteiger partial charge in [-0.2, -0.15) is 0 Å². The molecule has 0 saturated carbocycles. The van der Waals surface area contributed by atoms with E-state index in [-0.39, 0.29) is 23.3 Å². The number of rotatable bonds is 4. The van der Waals surface area contributed by atoms with E-state index in [1.54, 1.807) is 25.5 Å². The molecule has 1 saturated heterocycles. The van der Waals surface area contributed by atoms with Crippen LogP contribution < -0.4 is 32.7 Å². The van der Waals surface area contributed by atoms with E-state index < -0.39 is 0 Å². The highest BCUT2D eigenvalue weighted by atomic mass is 35.5. The van der Waals surface area contributed by atoms with Crippen molar-refractivity contribution in [3.63, 3.8) is 0 Å². The zero-order valence-corrected chi connectivity index (χ0v) is 21.4. The summed E-state index contributed by atoms with van der Waals surface area (Å²) in [7, 11) is 1.59. The number of aromatic nitrogens is 3. The molecule has 0 radical (unpaired) electrons. The van der Waals surface area contributed by atoms with E-state index in [1.165, 1.54) is 17.3 Å². The fraction of sp³-hybridized carbons (Fsp3) is 0.333. The van der Waals surface area contributed by atoms with Gasteiger partial charge in [-0.1, -0.05) is 29.4 Å². The second kappa shape index (κ2) is 9.64. The van der Waals surface area contributed by atoms with Crippen molar-refractivity contribution in [2.75, 3.05) is 41.8 Å². The Bertz CT molecular complexity index is 1310. The normalized spacial score (nSPS) is 18.2. The number of amides is 2. The highest BCUT2D eigenvalue weighted by molar-refractivity contribution is 7.99. The number of carbonyl (C=O) groups excluding carboxylic acids is 1. The van der Waals surface area contributed by atoms with E-state index in [4.69, 9.17) is 28.8 Å². The summed E-state index contributed by atoms with van der Waals surface area (Å²) in [4.78, 5) is 27.8. The van der Waals surface area contributed by atoms with Crippen molar-refractivity contribution in [3.8, 4) is 0 Å². The molecule has 3 aromatic rings. The molecule has 2 aliphatic rings. The molecule has 8 N–H and O–H groups in total. The van der Waals surface area contributed by atoms with Crippen LogP contribution in [0.25, 0.3) is 0 Å². The van der Waals surface area contributed by atoms with E-state index in [1.807, 2.05) is 12.1 Å². The standard InChI is InChI=1S/C24H28ClN9OS/c1-29-23(35)32-14-3-2-13-11-24(19(26)15(13)10-14)5-8-34(9-6-24)17-12-31-22(21(28)33-17)36-16-4-7-30-20(27)18(16)25/h2-4,7,10,12,19H,5-6,8-9,11,26H2,1H3,(H2,27,30)(H2,28,33)(H2,29,32,35). The first-order valence-electron chi connectivity index (χ1n) is 11.6. The average Bonchev–Trinajstić information content (AvgIpc) is 3.14. The van der Waals surface area contributed by atoms with Crippen LogP contribution in [-0.2, 0) is 6.42 Å². The van der Waals surface area contributed by atoms with Crippen molar-refractivity contribution in [1.29, 1.82) is 0 Å². The third-order valence-electron chi connectivity index (χ3n) is 7.09. The molecular formula is C24H28ClN9OS. The molecule has 10 nitrogen and oxygen atoms in total. The average molecular weight is 526 g/mol. The Hall–Kier alpha value is -3.28. The van der Waals surface area contributed by atoms with Crippen LogP contribution >= 0.6 is 23.4 Å². The number of nitrogens with two attached hydrogens (primary N) is 3. The summed E-state index contributed by atoms with van der Waals surface area (Å²) < 4.78 is 0. The van der Waals surface area contributed by atoms with Gasteiger partial charge in [0.25, 0.3) is 0 Å². The minimum absolute atomic E-state index is 0.0166. The minimum Gasteiger partial charge on any atom is -0.382 e. The summed E-state index contributed by atoms with van der Waals surface area (Å²) in [5, 5.41) is 6.34. The summed E-state index contributed by atoms with van der Waals surface area (Å²) in [6, 6.07) is 7.44. The number of carbonyl (C=O) groups is 1. The molecule has 12 heteroatoms. The molecule has 5 rings (SSSR count). The van der Waals surface area contributed by atoms with Crippen LogP contribution in [0.3, 0.4) is 0 Å². The number of benzene rings is 1. The largest absolute Gasteiger partial charge is 0.382 e. The number of fused-ring (bicyclic) bond motifs is 1. The molecule has 1 atom stereocenters. The number of urea groups is 1. The highest BCUT2D eigenvalue weighted by Crippen LogP contribution is 2.51. The molecule has 1 aliphatic heterocycles. The quantitative estimate of drug-likeness (QED) is 0.343. The number of piperidine rings is 1. The maximum absolute atomic E-state index is 11.7. The third kappa shape index (κ3) is 4.49. The van der Waals surface area contributed by atoms with Gasteiger partial charge in [0.15, 0.2) is 5.82 Å². The molecule has 1 fully saturated rings. The summed E-state index contributed by atoms with van der Waals surface area (Å²) in [6.07, 6.45) is 6.11. The van der Waals surface area contributed by atoms with Crippen LogP contribution in [-0.4, -0.2) is 41.1 Å². The lowest BCUT2D eigenvalue weighted by Gasteiger charge is -2.42. The first-order valence-corrected chi connectivity index (χ1v) is 12.8. The van der Waals surface area contributed by atoms with E-state index >= 15 is 0 Å². The summed E-state index contributed by atoms with van der Waals surface area (Å²) >= 11 is 7.56. The lowest BCUT2D eigenvalue weighted by Crippen LogP contribution is -2.44. The van der Waals surface area contributed by atoms with Crippen LogP contribution in [0.2, 0.25) is 5.02 Å². The smallest absolute Gasteiger partial charge is 0.318 e. The monoisotopic (exact) mass is 525 g/mol. The molecule has 3 heterocycles. The molecule has 1 aliphatic carbocycles. The van der Waals surface area contributed by atoms with E-state index in [9.17, 15) is 4.79 Å². The number of nitrogen functional groups attached to an aromatic ring is 2. The van der Waals surface area contributed by atoms with Crippen LogP contribution in [0.15, 0.2) is 46.6 Å². The number of halogens is 1. The Labute approximate surface area is 218 Å². The Balaban J connectivity index is 1.26. The fourth-order valence-corrected chi connectivity index (χ4v) is 6.06. The Kier molecular flexibility index (Phi) is 6.54. The highest BCUT2D eigenvalue weighted by Gasteiger charge is 2.46. The van der Waals surface area contributed by atoms with Gasteiger partial charge >= 0.3 is 6.03 Å². The third-order valence-corrected chi connectivity index (χ3v) is 8.67. The summed E-state index contributed by atoms with van der Waals surface area (Å²) in [6.45, 7) is 1.61. The SMILES string of the molecule is CNC(=O)Nc1ccc2c(c1)C(N)C1(CCN(c3cnc(Sc4ccnc(N)c4Cl)c(N)n3)CC1)C2. The van der Waals surface area contributed by atoms with Gasteiger partial charge in [-0.3, -0.25) is 0 Å². The van der Waals surface area contributed by atoms with Gasteiger partial charge in [-0.25, -0.2) is 19.7 Å². The molecule has 0 bridgehead atoms. The van der Waals surface area contributed by atoms with Crippen molar-refractivity contribution >= 4 is 52.5 Å². The number of anilines is 4. The molecule has 2 aromatic heterocycles. The summed E-state index contributed by atoms with van der Waals surface area (Å²) in [5.74, 6) is 1.34. The molecule has 1 spiro atoms. The predicted molar refractivity (Wildman–Crippen MR) is 143 cm³/mol. The second-order valence-corrected chi connectivity index (χ2v) is 10.6. The first kappa shape index (κ1) is 24.4. The zero-order chi connectivity index (χ0) is 25.4. The van der Waals surface area contributed by atoms with Crippen molar-refractivity contribution < 1.29 is 4.79 Å². The number of hydrogen-bond acceptors (Lipinski definition) is 9. The van der Waals surface area contributed by atoms with Gasteiger partial charge in [0.05, 0.1) is 11.2 Å². The Morgan fingerprint density at radius 3 is 2.69 bits per heavy atom. The number of nitrogens with one attached hydrogen (secondary N) is 2. The lowest BCUT2D eigenvalue weighted by atomic mass is 9.73.